The molecule has 1 aliphatic carbocycles. The molecule has 2 atom stereocenters. The maximum absolute atomic E-state index is 5.16. The van der Waals surface area contributed by atoms with Gasteiger partial charge in [-0.3, -0.25) is 0 Å². The van der Waals surface area contributed by atoms with Crippen molar-refractivity contribution >= 4 is 140 Å². The summed E-state index contributed by atoms with van der Waals surface area (Å²) in [5.74, 6) is 1.31. The van der Waals surface area contributed by atoms with Gasteiger partial charge in [-0.05, 0) is 142 Å². The Bertz CT molecular complexity index is 6160. The van der Waals surface area contributed by atoms with Gasteiger partial charge in [-0.1, -0.05) is 188 Å². The van der Waals surface area contributed by atoms with Gasteiger partial charge in [-0.2, -0.15) is 0 Å². The van der Waals surface area contributed by atoms with Crippen LogP contribution in [0.1, 0.15) is 11.5 Å². The largest absolute Gasteiger partial charge is 0.317 e. The maximum atomic E-state index is 5.16. The summed E-state index contributed by atoms with van der Waals surface area (Å²) >= 11 is 3.73. The fraction of sp³-hybridized carbons (Fsp3) is 0.0241. The van der Waals surface area contributed by atoms with Crippen LogP contribution in [0.15, 0.2) is 297 Å². The fourth-order valence-electron chi connectivity index (χ4n) is 15.6. The van der Waals surface area contributed by atoms with Crippen LogP contribution < -0.4 is 4.90 Å². The molecule has 20 rings (SSSR count). The average Bonchev–Trinajstić information content (AvgIpc) is 1.59. The molecule has 5 nitrogen and oxygen atoms in total. The SMILES string of the molecule is C1=CC2c3ccccc3N(c3nccc4c3sc3ccc(-n5c6ccccc6c6c(-c7cccc8c7c7ccccc7n8-c7ccc8c(c7)c7ccccc7n8-c7cccc(-c8cccc(-c9cccc%10c9sc9ccccc9%10)c8)c7)cccc65)cc34)C2C=C1. The van der Waals surface area contributed by atoms with Crippen LogP contribution in [-0.2, 0) is 0 Å². The van der Waals surface area contributed by atoms with Gasteiger partial charge in [0.2, 0.25) is 0 Å². The molecule has 6 aromatic heterocycles. The minimum Gasteiger partial charge on any atom is -0.317 e. The third-order valence-electron chi connectivity index (χ3n) is 19.4. The van der Waals surface area contributed by atoms with Crippen LogP contribution >= 0.6 is 22.7 Å². The quantitative estimate of drug-likeness (QED) is 0.159. The highest BCUT2D eigenvalue weighted by Crippen LogP contribution is 2.52. The van der Waals surface area contributed by atoms with Crippen molar-refractivity contribution in [3.8, 4) is 50.4 Å². The summed E-state index contributed by atoms with van der Waals surface area (Å²) in [7, 11) is 0. The Morgan fingerprint density at radius 1 is 0.322 bits per heavy atom. The van der Waals surface area contributed by atoms with Crippen molar-refractivity contribution in [2.45, 2.75) is 12.0 Å². The van der Waals surface area contributed by atoms with E-state index < -0.39 is 0 Å². The molecule has 7 heterocycles. The van der Waals surface area contributed by atoms with E-state index in [1.54, 1.807) is 0 Å². The van der Waals surface area contributed by atoms with E-state index in [9.17, 15) is 0 Å². The molecule has 12 aromatic carbocycles. The Hall–Kier alpha value is -11.1. The van der Waals surface area contributed by atoms with Gasteiger partial charge in [0.25, 0.3) is 0 Å². The molecule has 7 heteroatoms. The number of aromatic nitrogens is 4. The highest BCUT2D eigenvalue weighted by atomic mass is 32.1. The standard InChI is InChI=1S/C83H51N5S2/c1-8-33-70-57(22-1)58-23-2-9-34-71(58)88(70)83-82-64(44-45-84-83)68-49-55(41-43-78(68)90-82)87-73-36-11-5-27-66(73)80-62(30-17-38-76(80)87)61-29-16-37-75-79(61)65-26-4-10-35-72(65)86(75)54-40-42-74-67(48-54)59-24-3-7-32-69(59)85(74)53-21-14-19-51(47-53)50-18-13-20-52(46-50)56-28-15-31-63-60-25-6-12-39-77(60)89-81(56)63/h1-49,57,70H. The Labute approximate surface area is 525 Å². The smallest absolute Gasteiger partial charge is 0.151 e. The van der Waals surface area contributed by atoms with Crippen molar-refractivity contribution in [2.24, 2.45) is 0 Å². The zero-order valence-corrected chi connectivity index (χ0v) is 50.1. The number of nitrogens with zero attached hydrogens (tertiary/aromatic N) is 5. The van der Waals surface area contributed by atoms with Crippen LogP contribution in [0, 0.1) is 0 Å². The number of pyridine rings is 1. The number of benzene rings is 12. The molecular weight excluding hydrogens is 1130 g/mol. The zero-order valence-electron chi connectivity index (χ0n) is 48.5. The summed E-state index contributed by atoms with van der Waals surface area (Å²) in [4.78, 5) is 7.63. The fourth-order valence-corrected chi connectivity index (χ4v) is 18.0. The first-order valence-corrected chi connectivity index (χ1v) is 32.5. The molecule has 2 unspecified atom stereocenters. The van der Waals surface area contributed by atoms with E-state index in [4.69, 9.17) is 4.98 Å². The van der Waals surface area contributed by atoms with Gasteiger partial charge < -0.3 is 18.6 Å². The van der Waals surface area contributed by atoms with Gasteiger partial charge in [0.05, 0.1) is 43.8 Å². The molecule has 0 saturated heterocycles. The number of allylic oxidation sites excluding steroid dienone is 2. The molecular formula is C83H51N5S2. The van der Waals surface area contributed by atoms with Gasteiger partial charge in [0, 0.05) is 103 Å². The monoisotopic (exact) mass is 1180 g/mol. The molecule has 0 saturated carbocycles. The van der Waals surface area contributed by atoms with E-state index in [1.165, 1.54) is 150 Å². The van der Waals surface area contributed by atoms with Crippen LogP contribution in [0.3, 0.4) is 0 Å². The molecule has 2 aliphatic rings. The van der Waals surface area contributed by atoms with Gasteiger partial charge in [0.1, 0.15) is 0 Å². The molecule has 0 amide bonds. The first-order chi connectivity index (χ1) is 44.7. The second-order valence-electron chi connectivity index (χ2n) is 24.1. The first-order valence-electron chi connectivity index (χ1n) is 30.9. The highest BCUT2D eigenvalue weighted by molar-refractivity contribution is 7.26. The Kier molecular flexibility index (Phi) is 10.7. The highest BCUT2D eigenvalue weighted by Gasteiger charge is 2.39. The number of hydrogen-bond acceptors (Lipinski definition) is 4. The third kappa shape index (κ3) is 7.15. The number of thiophene rings is 2. The average molecular weight is 1180 g/mol. The van der Waals surface area contributed by atoms with E-state index in [2.05, 4.69) is 310 Å². The normalized spacial score (nSPS) is 14.8. The second-order valence-corrected chi connectivity index (χ2v) is 26.2. The molecule has 0 bridgehead atoms. The van der Waals surface area contributed by atoms with Crippen LogP contribution in [-0.4, -0.2) is 24.7 Å². The summed E-state index contributed by atoms with van der Waals surface area (Å²) < 4.78 is 12.5. The van der Waals surface area contributed by atoms with Gasteiger partial charge >= 0.3 is 0 Å². The first kappa shape index (κ1) is 50.0. The number of rotatable bonds is 7. The van der Waals surface area contributed by atoms with E-state index in [0.717, 1.165) is 22.9 Å². The van der Waals surface area contributed by atoms with Crippen LogP contribution in [0.2, 0.25) is 0 Å². The van der Waals surface area contributed by atoms with Crippen LogP contribution in [0.5, 0.6) is 0 Å². The predicted octanol–water partition coefficient (Wildman–Crippen LogP) is 22.8. The Balaban J connectivity index is 0.704. The van der Waals surface area contributed by atoms with Crippen molar-refractivity contribution in [3.05, 3.63) is 303 Å². The molecule has 420 valence electrons. The molecule has 0 spiro atoms. The van der Waals surface area contributed by atoms with Crippen molar-refractivity contribution in [1.29, 1.82) is 0 Å². The van der Waals surface area contributed by atoms with Crippen molar-refractivity contribution in [2.75, 3.05) is 4.90 Å². The Morgan fingerprint density at radius 2 is 0.844 bits per heavy atom. The lowest BCUT2D eigenvalue weighted by Gasteiger charge is -2.28. The minimum absolute atomic E-state index is 0.178. The number of fused-ring (bicyclic) bond motifs is 18. The second kappa shape index (κ2) is 19.2. The van der Waals surface area contributed by atoms with Crippen molar-refractivity contribution in [3.63, 3.8) is 0 Å². The molecule has 18 aromatic rings. The van der Waals surface area contributed by atoms with Crippen LogP contribution in [0.25, 0.3) is 156 Å². The summed E-state index contributed by atoms with van der Waals surface area (Å²) in [5.41, 5.74) is 20.3. The van der Waals surface area contributed by atoms with Gasteiger partial charge in [-0.15, -0.1) is 22.7 Å². The number of hydrogen-bond donors (Lipinski definition) is 0. The molecule has 1 aliphatic heterocycles. The van der Waals surface area contributed by atoms with Crippen molar-refractivity contribution < 1.29 is 0 Å². The lowest BCUT2D eigenvalue weighted by molar-refractivity contribution is 0.740. The van der Waals surface area contributed by atoms with Crippen LogP contribution in [0.4, 0.5) is 11.5 Å². The third-order valence-corrected chi connectivity index (χ3v) is 21.8. The zero-order chi connectivity index (χ0) is 58.7. The maximum Gasteiger partial charge on any atom is 0.151 e. The van der Waals surface area contributed by atoms with E-state index in [0.29, 0.717) is 5.92 Å². The lowest BCUT2D eigenvalue weighted by atomic mass is 9.91. The van der Waals surface area contributed by atoms with Gasteiger partial charge in [0.15, 0.2) is 5.82 Å². The summed E-state index contributed by atoms with van der Waals surface area (Å²) in [6.07, 6.45) is 11.1. The summed E-state index contributed by atoms with van der Waals surface area (Å²) in [6, 6.07) is 99.6. The lowest BCUT2D eigenvalue weighted by Crippen LogP contribution is -2.29. The van der Waals surface area contributed by atoms with Gasteiger partial charge in [-0.25, -0.2) is 4.98 Å². The summed E-state index contributed by atoms with van der Waals surface area (Å²) in [5, 5.41) is 12.5. The summed E-state index contributed by atoms with van der Waals surface area (Å²) in [6.45, 7) is 0. The number of para-hydroxylation sites is 4. The van der Waals surface area contributed by atoms with E-state index in [-0.39, 0.29) is 6.04 Å². The van der Waals surface area contributed by atoms with E-state index in [1.807, 2.05) is 28.9 Å². The molecule has 0 radical (unpaired) electrons. The minimum atomic E-state index is 0.178. The topological polar surface area (TPSA) is 30.9 Å². The molecule has 90 heavy (non-hydrogen) atoms. The predicted molar refractivity (Wildman–Crippen MR) is 383 cm³/mol. The van der Waals surface area contributed by atoms with E-state index >= 15 is 0 Å². The molecule has 0 fully saturated rings. The number of anilines is 2. The Morgan fingerprint density at radius 3 is 1.63 bits per heavy atom. The molecule has 0 N–H and O–H groups in total. The van der Waals surface area contributed by atoms with Crippen molar-refractivity contribution in [1.82, 2.24) is 18.7 Å².